The predicted molar refractivity (Wildman–Crippen MR) is 97.0 cm³/mol. The highest BCUT2D eigenvalue weighted by molar-refractivity contribution is 7.89. The minimum absolute atomic E-state index is 0.0610. The third-order valence-corrected chi connectivity index (χ3v) is 6.16. The number of hydrogen-bond acceptors (Lipinski definition) is 5. The molecule has 0 aliphatic carbocycles. The van der Waals surface area contributed by atoms with E-state index in [1.165, 1.54) is 4.90 Å². The maximum absolute atomic E-state index is 13.1. The topological polar surface area (TPSA) is 92.9 Å². The summed E-state index contributed by atoms with van der Waals surface area (Å²) in [5.74, 6) is 0. The molecule has 1 saturated heterocycles. The molecule has 1 heterocycles. The van der Waals surface area contributed by atoms with Crippen molar-refractivity contribution in [2.45, 2.75) is 50.4 Å². The van der Waals surface area contributed by atoms with Gasteiger partial charge in [-0.2, -0.15) is 17.5 Å². The lowest BCUT2D eigenvalue weighted by molar-refractivity contribution is -0.137. The van der Waals surface area contributed by atoms with E-state index in [0.717, 1.165) is 16.4 Å². The lowest BCUT2D eigenvalue weighted by Crippen LogP contribution is -2.56. The summed E-state index contributed by atoms with van der Waals surface area (Å²) in [5, 5.41) is 0. The number of benzene rings is 1. The molecule has 1 aromatic carbocycles. The Balaban J connectivity index is 2.23. The van der Waals surface area contributed by atoms with E-state index in [-0.39, 0.29) is 19.6 Å². The molecule has 7 nitrogen and oxygen atoms in total. The zero-order valence-electron chi connectivity index (χ0n) is 16.1. The molecular weight excluding hydrogens is 399 g/mol. The van der Waals surface area contributed by atoms with Crippen molar-refractivity contribution in [3.8, 4) is 0 Å². The number of rotatable bonds is 2. The maximum atomic E-state index is 13.1. The summed E-state index contributed by atoms with van der Waals surface area (Å²) in [5.41, 5.74) is 2.90. The van der Waals surface area contributed by atoms with Crippen LogP contribution in [0.25, 0.3) is 0 Å². The quantitative estimate of drug-likeness (QED) is 0.739. The molecule has 0 saturated carbocycles. The second-order valence-electron chi connectivity index (χ2n) is 7.64. The highest BCUT2D eigenvalue weighted by atomic mass is 32.2. The van der Waals surface area contributed by atoms with Crippen LogP contribution >= 0.6 is 0 Å². The van der Waals surface area contributed by atoms with Crippen molar-refractivity contribution in [3.05, 3.63) is 23.8 Å². The number of nitrogens with zero attached hydrogens (tertiary/aromatic N) is 2. The van der Waals surface area contributed by atoms with Crippen LogP contribution in [0.15, 0.2) is 23.1 Å². The smallest absolute Gasteiger partial charge is 0.418 e. The number of hydrogen-bond donors (Lipinski definition) is 1. The van der Waals surface area contributed by atoms with Gasteiger partial charge in [-0.15, -0.1) is 0 Å². The molecule has 0 spiro atoms. The van der Waals surface area contributed by atoms with Gasteiger partial charge < -0.3 is 15.4 Å². The van der Waals surface area contributed by atoms with E-state index >= 15 is 0 Å². The highest BCUT2D eigenvalue weighted by Crippen LogP contribution is 2.35. The number of anilines is 1. The molecule has 1 unspecified atom stereocenters. The van der Waals surface area contributed by atoms with E-state index in [1.807, 2.05) is 0 Å². The van der Waals surface area contributed by atoms with Crippen LogP contribution in [0.4, 0.5) is 23.7 Å². The minimum Gasteiger partial charge on any atom is -0.444 e. The average molecular weight is 423 g/mol. The molecule has 1 aliphatic heterocycles. The van der Waals surface area contributed by atoms with Crippen LogP contribution in [0.3, 0.4) is 0 Å². The monoisotopic (exact) mass is 423 g/mol. The van der Waals surface area contributed by atoms with Crippen molar-refractivity contribution in [1.82, 2.24) is 9.21 Å². The zero-order chi connectivity index (χ0) is 21.5. The molecular formula is C17H24F3N3O4S. The van der Waals surface area contributed by atoms with Gasteiger partial charge in [0.15, 0.2) is 0 Å². The summed E-state index contributed by atoms with van der Waals surface area (Å²) in [4.78, 5) is 13.1. The van der Waals surface area contributed by atoms with Gasteiger partial charge in [-0.05, 0) is 45.9 Å². The normalized spacial score (nSPS) is 19.5. The van der Waals surface area contributed by atoms with Crippen LogP contribution < -0.4 is 5.73 Å². The van der Waals surface area contributed by atoms with Gasteiger partial charge in [-0.1, -0.05) is 0 Å². The highest BCUT2D eigenvalue weighted by Gasteiger charge is 2.39. The number of carbonyl (C=O) groups excluding carboxylic acids is 1. The van der Waals surface area contributed by atoms with Crippen LogP contribution in [0.2, 0.25) is 0 Å². The molecule has 1 aromatic rings. The summed E-state index contributed by atoms with van der Waals surface area (Å²) in [6.07, 6.45) is -5.33. The van der Waals surface area contributed by atoms with Crippen molar-refractivity contribution in [2.24, 2.45) is 0 Å². The fourth-order valence-electron chi connectivity index (χ4n) is 2.87. The largest absolute Gasteiger partial charge is 0.444 e. The van der Waals surface area contributed by atoms with Crippen LogP contribution in [0, 0.1) is 0 Å². The molecule has 2 rings (SSSR count). The average Bonchev–Trinajstić information content (AvgIpc) is 2.51. The maximum Gasteiger partial charge on any atom is 0.418 e. The van der Waals surface area contributed by atoms with E-state index in [9.17, 15) is 26.4 Å². The number of carbonyl (C=O) groups is 1. The second kappa shape index (κ2) is 7.43. The molecule has 2 N–H and O–H groups in total. The molecule has 1 fully saturated rings. The molecule has 0 aromatic heterocycles. The fraction of sp³-hybridized carbons (Fsp3) is 0.588. The summed E-state index contributed by atoms with van der Waals surface area (Å²) >= 11 is 0. The summed E-state index contributed by atoms with van der Waals surface area (Å²) in [7, 11) is -4.20. The van der Waals surface area contributed by atoms with Gasteiger partial charge in [0, 0.05) is 31.4 Å². The van der Waals surface area contributed by atoms with Crippen molar-refractivity contribution in [2.75, 3.05) is 25.4 Å². The second-order valence-corrected chi connectivity index (χ2v) is 9.53. The van der Waals surface area contributed by atoms with E-state index < -0.39 is 50.1 Å². The van der Waals surface area contributed by atoms with E-state index in [0.29, 0.717) is 6.07 Å². The van der Waals surface area contributed by atoms with Gasteiger partial charge >= 0.3 is 12.3 Å². The van der Waals surface area contributed by atoms with Crippen molar-refractivity contribution < 1.29 is 31.1 Å². The van der Waals surface area contributed by atoms with Crippen molar-refractivity contribution >= 4 is 21.8 Å². The number of amides is 1. The van der Waals surface area contributed by atoms with Crippen LogP contribution in [0.1, 0.15) is 33.3 Å². The number of sulfonamides is 1. The number of nitrogen functional groups attached to an aromatic ring is 1. The Labute approximate surface area is 162 Å². The van der Waals surface area contributed by atoms with Crippen molar-refractivity contribution in [3.63, 3.8) is 0 Å². The third-order valence-electron chi connectivity index (χ3n) is 4.15. The number of nitrogens with two attached hydrogens (primary N) is 1. The van der Waals surface area contributed by atoms with Crippen LogP contribution in [-0.4, -0.2) is 55.0 Å². The van der Waals surface area contributed by atoms with Gasteiger partial charge in [-0.25, -0.2) is 13.2 Å². The first kappa shape index (κ1) is 22.3. The van der Waals surface area contributed by atoms with Crippen LogP contribution in [-0.2, 0) is 20.9 Å². The number of ether oxygens (including phenoxy) is 1. The Morgan fingerprint density at radius 3 is 2.32 bits per heavy atom. The van der Waals surface area contributed by atoms with Crippen LogP contribution in [0.5, 0.6) is 0 Å². The van der Waals surface area contributed by atoms with Gasteiger partial charge in [-0.3, -0.25) is 0 Å². The first-order chi connectivity index (χ1) is 12.6. The molecule has 0 bridgehead atoms. The van der Waals surface area contributed by atoms with E-state index in [1.54, 1.807) is 27.7 Å². The Hall–Kier alpha value is -2.01. The summed E-state index contributed by atoms with van der Waals surface area (Å²) in [6.45, 7) is 6.80. The number of piperazine rings is 1. The molecule has 158 valence electrons. The number of halogens is 3. The van der Waals surface area contributed by atoms with Gasteiger partial charge in [0.1, 0.15) is 5.60 Å². The molecule has 0 radical (unpaired) electrons. The third kappa shape index (κ3) is 4.88. The lowest BCUT2D eigenvalue weighted by Gasteiger charge is -2.39. The summed E-state index contributed by atoms with van der Waals surface area (Å²) < 4.78 is 71.3. The molecule has 1 aliphatic rings. The molecule has 1 amide bonds. The van der Waals surface area contributed by atoms with E-state index in [4.69, 9.17) is 10.5 Å². The Morgan fingerprint density at radius 1 is 1.21 bits per heavy atom. The SMILES string of the molecule is CC1CN(C(=O)OC(C)(C)C)CCN1S(=O)(=O)c1ccc(N)c(C(F)(F)F)c1. The molecule has 28 heavy (non-hydrogen) atoms. The first-order valence-electron chi connectivity index (χ1n) is 8.59. The Kier molecular flexibility index (Phi) is 5.91. The van der Waals surface area contributed by atoms with Gasteiger partial charge in [0.05, 0.1) is 10.5 Å². The van der Waals surface area contributed by atoms with E-state index in [2.05, 4.69) is 0 Å². The first-order valence-corrected chi connectivity index (χ1v) is 10.0. The Bertz CT molecular complexity index is 850. The lowest BCUT2D eigenvalue weighted by atomic mass is 10.2. The fourth-order valence-corrected chi connectivity index (χ4v) is 4.51. The standard InChI is InChI=1S/C17H24F3N3O4S/c1-11-10-22(15(24)27-16(2,3)4)7-8-23(11)28(25,26)12-5-6-14(21)13(9-12)17(18,19)20/h5-6,9,11H,7-8,10,21H2,1-4H3. The molecule has 11 heteroatoms. The predicted octanol–water partition coefficient (Wildman–Crippen LogP) is 2.92. The zero-order valence-corrected chi connectivity index (χ0v) is 16.9. The van der Waals surface area contributed by atoms with Crippen molar-refractivity contribution in [1.29, 1.82) is 0 Å². The number of alkyl halides is 3. The molecule has 1 atom stereocenters. The summed E-state index contributed by atoms with van der Waals surface area (Å²) in [6, 6.07) is 1.88. The van der Waals surface area contributed by atoms with Gasteiger partial charge in [0.2, 0.25) is 10.0 Å². The van der Waals surface area contributed by atoms with Gasteiger partial charge in [0.25, 0.3) is 0 Å². The minimum atomic E-state index is -4.77. The Morgan fingerprint density at radius 2 is 1.82 bits per heavy atom.